The molecule has 1 unspecified atom stereocenters. The van der Waals surface area contributed by atoms with E-state index in [9.17, 15) is 0 Å². The van der Waals surface area contributed by atoms with E-state index < -0.39 is 0 Å². The molecule has 0 spiro atoms. The summed E-state index contributed by atoms with van der Waals surface area (Å²) in [6.45, 7) is 13.0. The van der Waals surface area contributed by atoms with Crippen LogP contribution >= 0.6 is 0 Å². The molecule has 2 nitrogen and oxygen atoms in total. The third-order valence-corrected chi connectivity index (χ3v) is 3.68. The number of piperidine rings is 1. The summed E-state index contributed by atoms with van der Waals surface area (Å²) >= 11 is 0. The summed E-state index contributed by atoms with van der Waals surface area (Å²) in [5.74, 6) is 0.683. The summed E-state index contributed by atoms with van der Waals surface area (Å²) in [6, 6.07) is 0. The summed E-state index contributed by atoms with van der Waals surface area (Å²) in [4.78, 5) is 2.60. The van der Waals surface area contributed by atoms with Crippen LogP contribution in [-0.4, -0.2) is 34.2 Å². The molecule has 0 amide bonds. The average Bonchev–Trinajstić information content (AvgIpc) is 2.06. The van der Waals surface area contributed by atoms with Crippen LogP contribution in [0.15, 0.2) is 0 Å². The fraction of sp³-hybridized carbons (Fsp3) is 1.00. The highest BCUT2D eigenvalue weighted by Crippen LogP contribution is 2.36. The van der Waals surface area contributed by atoms with Gasteiger partial charge in [-0.2, -0.15) is 0 Å². The summed E-state index contributed by atoms with van der Waals surface area (Å²) in [7, 11) is 0. The highest BCUT2D eigenvalue weighted by atomic mass is 16.3. The molecule has 15 heavy (non-hydrogen) atoms. The number of aliphatic hydroxyl groups is 1. The first kappa shape index (κ1) is 13.0. The molecular weight excluding hydrogens is 186 g/mol. The highest BCUT2D eigenvalue weighted by Gasteiger charge is 2.39. The van der Waals surface area contributed by atoms with E-state index >= 15 is 0 Å². The Morgan fingerprint density at radius 2 is 1.93 bits per heavy atom. The first-order valence-corrected chi connectivity index (χ1v) is 6.16. The van der Waals surface area contributed by atoms with Gasteiger partial charge in [-0.05, 0) is 59.8 Å². The molecule has 0 aromatic rings. The van der Waals surface area contributed by atoms with Crippen LogP contribution in [0, 0.1) is 5.92 Å². The Kier molecular flexibility index (Phi) is 3.83. The number of aliphatic hydroxyl groups excluding tert-OH is 1. The molecule has 1 aliphatic rings. The summed E-state index contributed by atoms with van der Waals surface area (Å²) in [6.07, 6.45) is 3.47. The van der Waals surface area contributed by atoms with E-state index in [4.69, 9.17) is 5.11 Å². The van der Waals surface area contributed by atoms with Crippen molar-refractivity contribution in [3.05, 3.63) is 0 Å². The van der Waals surface area contributed by atoms with Gasteiger partial charge in [-0.25, -0.2) is 0 Å². The van der Waals surface area contributed by atoms with Crippen LogP contribution in [0.4, 0.5) is 0 Å². The fourth-order valence-corrected chi connectivity index (χ4v) is 2.89. The van der Waals surface area contributed by atoms with Crippen molar-refractivity contribution >= 4 is 0 Å². The van der Waals surface area contributed by atoms with Crippen LogP contribution in [0.2, 0.25) is 0 Å². The lowest BCUT2D eigenvalue weighted by Gasteiger charge is -2.52. The van der Waals surface area contributed by atoms with Gasteiger partial charge in [-0.1, -0.05) is 0 Å². The Labute approximate surface area is 94.7 Å². The van der Waals surface area contributed by atoms with Crippen molar-refractivity contribution in [2.24, 2.45) is 5.92 Å². The van der Waals surface area contributed by atoms with Gasteiger partial charge < -0.3 is 5.11 Å². The Balaban J connectivity index is 2.71. The number of likely N-dealkylation sites (tertiary alicyclic amines) is 1. The van der Waals surface area contributed by atoms with Crippen molar-refractivity contribution in [2.45, 2.75) is 65.0 Å². The van der Waals surface area contributed by atoms with Gasteiger partial charge in [-0.3, -0.25) is 4.90 Å². The molecule has 1 aliphatic heterocycles. The normalized spacial score (nSPS) is 28.0. The van der Waals surface area contributed by atoms with E-state index in [1.807, 2.05) is 0 Å². The number of nitrogens with zero attached hydrogens (tertiary/aromatic N) is 1. The predicted octanol–water partition coefficient (Wildman–Crippen LogP) is 2.66. The third kappa shape index (κ3) is 3.18. The maximum absolute atomic E-state index is 9.02. The first-order valence-electron chi connectivity index (χ1n) is 6.16. The Morgan fingerprint density at radius 1 is 1.33 bits per heavy atom. The quantitative estimate of drug-likeness (QED) is 0.762. The minimum Gasteiger partial charge on any atom is -0.396 e. The van der Waals surface area contributed by atoms with Crippen LogP contribution in [0.5, 0.6) is 0 Å². The van der Waals surface area contributed by atoms with Gasteiger partial charge in [0.15, 0.2) is 0 Å². The van der Waals surface area contributed by atoms with E-state index in [0.29, 0.717) is 18.1 Å². The second-order valence-electron chi connectivity index (χ2n) is 6.51. The molecule has 0 aromatic carbocycles. The molecular formula is C13H27NO. The minimum atomic E-state index is 0.234. The lowest BCUT2D eigenvalue weighted by molar-refractivity contribution is -0.0293. The molecule has 0 saturated carbocycles. The van der Waals surface area contributed by atoms with Crippen LogP contribution in [-0.2, 0) is 0 Å². The number of rotatable bonds is 2. The van der Waals surface area contributed by atoms with Crippen molar-refractivity contribution in [3.8, 4) is 0 Å². The zero-order valence-electron chi connectivity index (χ0n) is 11.0. The largest absolute Gasteiger partial charge is 0.396 e. The predicted molar refractivity (Wildman–Crippen MR) is 65.0 cm³/mol. The highest BCUT2D eigenvalue weighted by molar-refractivity contribution is 4.94. The van der Waals surface area contributed by atoms with Crippen molar-refractivity contribution in [2.75, 3.05) is 13.2 Å². The number of hydrogen-bond acceptors (Lipinski definition) is 2. The van der Waals surface area contributed by atoms with Gasteiger partial charge in [0, 0.05) is 24.2 Å². The van der Waals surface area contributed by atoms with E-state index in [-0.39, 0.29) is 5.54 Å². The molecule has 1 heterocycles. The average molecular weight is 213 g/mol. The van der Waals surface area contributed by atoms with Gasteiger partial charge >= 0.3 is 0 Å². The standard InChI is InChI=1S/C13H27NO/c1-12(2,3)14-10-11(7-9-15)6-8-13(14,4)5/h11,15H,6-10H2,1-5H3. The Bertz CT molecular complexity index is 205. The van der Waals surface area contributed by atoms with Gasteiger partial charge in [-0.15, -0.1) is 0 Å². The van der Waals surface area contributed by atoms with Gasteiger partial charge in [0.1, 0.15) is 0 Å². The van der Waals surface area contributed by atoms with Crippen molar-refractivity contribution in [1.29, 1.82) is 0 Å². The van der Waals surface area contributed by atoms with Gasteiger partial charge in [0.25, 0.3) is 0 Å². The molecule has 0 radical (unpaired) electrons. The maximum Gasteiger partial charge on any atom is 0.0434 e. The molecule has 2 heteroatoms. The Hall–Kier alpha value is -0.0800. The minimum absolute atomic E-state index is 0.234. The maximum atomic E-state index is 9.02. The van der Waals surface area contributed by atoms with Crippen LogP contribution in [0.3, 0.4) is 0 Å². The molecule has 1 N–H and O–H groups in total. The second kappa shape index (κ2) is 4.42. The Morgan fingerprint density at radius 3 is 2.40 bits per heavy atom. The smallest absolute Gasteiger partial charge is 0.0434 e. The van der Waals surface area contributed by atoms with Crippen LogP contribution in [0.25, 0.3) is 0 Å². The fourth-order valence-electron chi connectivity index (χ4n) is 2.89. The van der Waals surface area contributed by atoms with E-state index in [2.05, 4.69) is 39.5 Å². The van der Waals surface area contributed by atoms with E-state index in [1.54, 1.807) is 0 Å². The van der Waals surface area contributed by atoms with E-state index in [0.717, 1.165) is 13.0 Å². The molecule has 0 aliphatic carbocycles. The molecule has 1 atom stereocenters. The van der Waals surface area contributed by atoms with Crippen LogP contribution in [0.1, 0.15) is 53.9 Å². The monoisotopic (exact) mass is 213 g/mol. The summed E-state index contributed by atoms with van der Waals surface area (Å²) in [5, 5.41) is 9.02. The zero-order chi connectivity index (χ0) is 11.7. The lowest BCUT2D eigenvalue weighted by Crippen LogP contribution is -2.58. The summed E-state index contributed by atoms with van der Waals surface area (Å²) in [5.41, 5.74) is 0.543. The SMILES string of the molecule is CC(C)(C)N1CC(CCO)CCC1(C)C. The lowest BCUT2D eigenvalue weighted by atomic mass is 9.80. The number of hydrogen-bond donors (Lipinski definition) is 1. The first-order chi connectivity index (χ1) is 6.77. The van der Waals surface area contributed by atoms with Crippen molar-refractivity contribution in [3.63, 3.8) is 0 Å². The zero-order valence-corrected chi connectivity index (χ0v) is 11.0. The van der Waals surface area contributed by atoms with Gasteiger partial charge in [0.05, 0.1) is 0 Å². The molecule has 90 valence electrons. The second-order valence-corrected chi connectivity index (χ2v) is 6.51. The summed E-state index contributed by atoms with van der Waals surface area (Å²) < 4.78 is 0. The molecule has 1 rings (SSSR count). The third-order valence-electron chi connectivity index (χ3n) is 3.68. The topological polar surface area (TPSA) is 23.5 Å². The van der Waals surface area contributed by atoms with Crippen molar-refractivity contribution in [1.82, 2.24) is 4.90 Å². The van der Waals surface area contributed by atoms with Crippen LogP contribution < -0.4 is 0 Å². The molecule has 0 bridgehead atoms. The van der Waals surface area contributed by atoms with E-state index in [1.165, 1.54) is 12.8 Å². The van der Waals surface area contributed by atoms with Gasteiger partial charge in [0.2, 0.25) is 0 Å². The molecule has 1 saturated heterocycles. The van der Waals surface area contributed by atoms with Crippen molar-refractivity contribution < 1.29 is 5.11 Å². The molecule has 1 fully saturated rings. The molecule has 0 aromatic heterocycles.